The van der Waals surface area contributed by atoms with Crippen molar-refractivity contribution in [3.05, 3.63) is 64.4 Å². The number of aromatic carboxylic acids is 1. The van der Waals surface area contributed by atoms with Gasteiger partial charge in [-0.3, -0.25) is 4.79 Å². The number of methoxy groups -OCH3 is 1. The molecule has 0 aliphatic heterocycles. The minimum absolute atomic E-state index is 0.0422. The number of carbonyl (C=O) groups is 1. The van der Waals surface area contributed by atoms with Gasteiger partial charge in [0.05, 0.1) is 18.1 Å². The summed E-state index contributed by atoms with van der Waals surface area (Å²) in [5, 5.41) is 14.1. The second-order valence-electron chi connectivity index (χ2n) is 5.84. The van der Waals surface area contributed by atoms with Crippen molar-refractivity contribution < 1.29 is 14.6 Å². The van der Waals surface area contributed by atoms with Crippen LogP contribution in [0.4, 0.5) is 11.5 Å². The first-order valence-electron chi connectivity index (χ1n) is 7.88. The topological polar surface area (TPSA) is 107 Å². The van der Waals surface area contributed by atoms with Crippen LogP contribution in [-0.4, -0.2) is 28.2 Å². The SMILES string of the molecule is COc1ccc(Nc2[nH]c(C(=O)O)cc3c2[nH]c2cc(=O)ccc23)cc1. The van der Waals surface area contributed by atoms with E-state index in [4.69, 9.17) is 4.74 Å². The Morgan fingerprint density at radius 1 is 1.04 bits per heavy atom. The van der Waals surface area contributed by atoms with Crippen LogP contribution in [0.2, 0.25) is 0 Å². The summed E-state index contributed by atoms with van der Waals surface area (Å²) in [4.78, 5) is 29.2. The van der Waals surface area contributed by atoms with E-state index in [1.54, 1.807) is 31.4 Å². The van der Waals surface area contributed by atoms with Crippen molar-refractivity contribution in [1.82, 2.24) is 9.97 Å². The van der Waals surface area contributed by atoms with Crippen LogP contribution in [0.3, 0.4) is 0 Å². The molecule has 2 heterocycles. The number of fused-ring (bicyclic) bond motifs is 3. The van der Waals surface area contributed by atoms with Crippen molar-refractivity contribution in [2.45, 2.75) is 0 Å². The smallest absolute Gasteiger partial charge is 0.352 e. The number of hydrogen-bond donors (Lipinski definition) is 4. The number of nitrogens with one attached hydrogen (secondary N) is 3. The Balaban J connectivity index is 1.92. The highest BCUT2D eigenvalue weighted by Gasteiger charge is 2.14. The number of H-pyrrole nitrogens is 2. The van der Waals surface area contributed by atoms with Crippen molar-refractivity contribution in [3.8, 4) is 5.75 Å². The summed E-state index contributed by atoms with van der Waals surface area (Å²) in [5.74, 6) is 0.144. The van der Waals surface area contributed by atoms with Crippen LogP contribution in [0.15, 0.2) is 53.3 Å². The number of anilines is 2. The number of aromatic nitrogens is 2. The summed E-state index contributed by atoms with van der Waals surface area (Å²) in [7, 11) is 1.59. The predicted octanol–water partition coefficient (Wildman–Crippen LogP) is 3.46. The average Bonchev–Trinajstić information content (AvgIpc) is 3.00. The van der Waals surface area contributed by atoms with Crippen molar-refractivity contribution in [3.63, 3.8) is 0 Å². The van der Waals surface area contributed by atoms with Gasteiger partial charge in [-0.05, 0) is 42.5 Å². The lowest BCUT2D eigenvalue weighted by Crippen LogP contribution is -2.03. The molecule has 0 aliphatic rings. The van der Waals surface area contributed by atoms with Crippen LogP contribution in [-0.2, 0) is 0 Å². The number of ether oxygens (including phenoxy) is 1. The Kier molecular flexibility index (Phi) is 3.62. The first-order valence-corrected chi connectivity index (χ1v) is 7.88. The summed E-state index contributed by atoms with van der Waals surface area (Å²) in [6.45, 7) is 0. The van der Waals surface area contributed by atoms with Gasteiger partial charge in [0, 0.05) is 22.5 Å². The molecule has 130 valence electrons. The fraction of sp³-hybridized carbons (Fsp3) is 0.0526. The van der Waals surface area contributed by atoms with Gasteiger partial charge in [-0.2, -0.15) is 0 Å². The quantitative estimate of drug-likeness (QED) is 0.451. The number of carboxylic acids is 1. The summed E-state index contributed by atoms with van der Waals surface area (Å²) in [6.07, 6.45) is 0. The molecule has 7 nitrogen and oxygen atoms in total. The van der Waals surface area contributed by atoms with E-state index in [0.29, 0.717) is 22.2 Å². The minimum Gasteiger partial charge on any atom is -0.497 e. The molecule has 4 aromatic rings. The van der Waals surface area contributed by atoms with Gasteiger partial charge in [0.15, 0.2) is 5.43 Å². The molecular weight excluding hydrogens is 334 g/mol. The Morgan fingerprint density at radius 2 is 1.81 bits per heavy atom. The highest BCUT2D eigenvalue weighted by Crippen LogP contribution is 2.31. The molecule has 0 aliphatic carbocycles. The molecule has 0 saturated carbocycles. The fourth-order valence-electron chi connectivity index (χ4n) is 2.95. The molecule has 0 amide bonds. The zero-order valence-corrected chi connectivity index (χ0v) is 13.8. The Labute approximate surface area is 147 Å². The second kappa shape index (κ2) is 5.96. The maximum atomic E-state index is 11.6. The van der Waals surface area contributed by atoms with Crippen molar-refractivity contribution in [2.24, 2.45) is 0 Å². The van der Waals surface area contributed by atoms with E-state index in [2.05, 4.69) is 15.3 Å². The van der Waals surface area contributed by atoms with Crippen LogP contribution in [0.5, 0.6) is 5.75 Å². The van der Waals surface area contributed by atoms with Gasteiger partial charge in [-0.15, -0.1) is 0 Å². The molecule has 0 fully saturated rings. The lowest BCUT2D eigenvalue weighted by molar-refractivity contribution is 0.0691. The molecule has 4 N–H and O–H groups in total. The van der Waals surface area contributed by atoms with Gasteiger partial charge < -0.3 is 25.1 Å². The van der Waals surface area contributed by atoms with Crippen LogP contribution >= 0.6 is 0 Å². The van der Waals surface area contributed by atoms with E-state index in [1.165, 1.54) is 12.1 Å². The third-order valence-corrected chi connectivity index (χ3v) is 4.20. The van der Waals surface area contributed by atoms with Crippen molar-refractivity contribution >= 4 is 39.3 Å². The van der Waals surface area contributed by atoms with Gasteiger partial charge in [0.1, 0.15) is 17.3 Å². The molecule has 0 bridgehead atoms. The Bertz CT molecular complexity index is 1190. The number of rotatable bonds is 4. The molecule has 4 rings (SSSR count). The van der Waals surface area contributed by atoms with E-state index < -0.39 is 5.97 Å². The normalized spacial score (nSPS) is 11.0. The summed E-state index contributed by atoms with van der Waals surface area (Å²) in [5.41, 5.74) is 2.03. The van der Waals surface area contributed by atoms with Crippen molar-refractivity contribution in [1.29, 1.82) is 0 Å². The van der Waals surface area contributed by atoms with Gasteiger partial charge in [0.25, 0.3) is 0 Å². The van der Waals surface area contributed by atoms with E-state index in [0.717, 1.165) is 16.8 Å². The van der Waals surface area contributed by atoms with E-state index in [1.807, 2.05) is 12.1 Å². The molecule has 0 atom stereocenters. The standard InChI is InChI=1S/C19H15N3O4/c1-26-12-5-2-10(3-6-12)20-18-17-14(9-16(22-18)19(24)25)13-7-4-11(23)8-15(13)21-17/h2-9,20-22H,1H3,(H,24,25). The van der Waals surface area contributed by atoms with Gasteiger partial charge >= 0.3 is 5.97 Å². The monoisotopic (exact) mass is 349 g/mol. The maximum Gasteiger partial charge on any atom is 0.352 e. The number of benzene rings is 2. The van der Waals surface area contributed by atoms with Gasteiger partial charge in [-0.1, -0.05) is 0 Å². The molecule has 0 radical (unpaired) electrons. The average molecular weight is 349 g/mol. The highest BCUT2D eigenvalue weighted by molar-refractivity contribution is 6.12. The molecule has 2 aromatic heterocycles. The lowest BCUT2D eigenvalue weighted by Gasteiger charge is -2.10. The van der Waals surface area contributed by atoms with Crippen LogP contribution < -0.4 is 15.5 Å². The zero-order chi connectivity index (χ0) is 18.3. The Hall–Kier alpha value is -3.74. The summed E-state index contributed by atoms with van der Waals surface area (Å²) < 4.78 is 5.14. The number of hydrogen-bond acceptors (Lipinski definition) is 4. The fourth-order valence-corrected chi connectivity index (χ4v) is 2.95. The van der Waals surface area contributed by atoms with E-state index in [-0.39, 0.29) is 11.1 Å². The van der Waals surface area contributed by atoms with Crippen LogP contribution in [0, 0.1) is 0 Å². The maximum absolute atomic E-state index is 11.6. The Morgan fingerprint density at radius 3 is 2.50 bits per heavy atom. The van der Waals surface area contributed by atoms with Gasteiger partial charge in [-0.25, -0.2) is 4.79 Å². The van der Waals surface area contributed by atoms with Crippen LogP contribution in [0.1, 0.15) is 10.5 Å². The number of carboxylic acid groups (broad SMARTS) is 1. The first kappa shape index (κ1) is 15.8. The van der Waals surface area contributed by atoms with Crippen LogP contribution in [0.25, 0.3) is 21.8 Å². The zero-order valence-electron chi connectivity index (χ0n) is 13.8. The number of pyridine rings is 1. The lowest BCUT2D eigenvalue weighted by atomic mass is 10.1. The second-order valence-corrected chi connectivity index (χ2v) is 5.84. The third-order valence-electron chi connectivity index (χ3n) is 4.20. The largest absolute Gasteiger partial charge is 0.497 e. The van der Waals surface area contributed by atoms with E-state index in [9.17, 15) is 14.7 Å². The van der Waals surface area contributed by atoms with Gasteiger partial charge in [0.2, 0.25) is 0 Å². The van der Waals surface area contributed by atoms with E-state index >= 15 is 0 Å². The molecular formula is C19H15N3O4. The third kappa shape index (κ3) is 2.65. The molecule has 0 saturated heterocycles. The molecule has 2 aromatic carbocycles. The molecule has 26 heavy (non-hydrogen) atoms. The number of aromatic amines is 2. The highest BCUT2D eigenvalue weighted by atomic mass is 16.5. The van der Waals surface area contributed by atoms with Crippen molar-refractivity contribution in [2.75, 3.05) is 12.4 Å². The molecule has 0 spiro atoms. The predicted molar refractivity (Wildman–Crippen MR) is 99.7 cm³/mol. The molecule has 0 unspecified atom stereocenters. The minimum atomic E-state index is -1.07. The summed E-state index contributed by atoms with van der Waals surface area (Å²) >= 11 is 0. The molecule has 7 heteroatoms. The first-order chi connectivity index (χ1) is 12.5. The summed E-state index contributed by atoms with van der Waals surface area (Å²) in [6, 6.07) is 13.5.